The number of carbonyl (C=O) groups is 1. The fourth-order valence-corrected chi connectivity index (χ4v) is 2.63. The molecule has 2 heterocycles. The van der Waals surface area contributed by atoms with Crippen molar-refractivity contribution in [2.45, 2.75) is 33.0 Å². The average Bonchev–Trinajstić information content (AvgIpc) is 3.26. The van der Waals surface area contributed by atoms with Crippen LogP contribution in [-0.4, -0.2) is 15.8 Å². The lowest BCUT2D eigenvalue weighted by molar-refractivity contribution is 0.235. The van der Waals surface area contributed by atoms with Gasteiger partial charge in [0.25, 0.3) is 0 Å². The molecular formula is C19H22N4O2. The van der Waals surface area contributed by atoms with E-state index in [0.717, 1.165) is 22.6 Å². The summed E-state index contributed by atoms with van der Waals surface area (Å²) in [5.74, 6) is 1.57. The topological polar surface area (TPSA) is 72.1 Å². The van der Waals surface area contributed by atoms with Gasteiger partial charge in [0.05, 0.1) is 12.6 Å². The maximum absolute atomic E-state index is 12.2. The van der Waals surface area contributed by atoms with Crippen molar-refractivity contribution < 1.29 is 9.21 Å². The molecule has 2 aromatic heterocycles. The third kappa shape index (κ3) is 4.50. The minimum absolute atomic E-state index is 0.187. The Hall–Kier alpha value is -3.02. The third-order valence-corrected chi connectivity index (χ3v) is 3.98. The van der Waals surface area contributed by atoms with E-state index in [1.54, 1.807) is 6.20 Å². The normalized spacial score (nSPS) is 11.9. The summed E-state index contributed by atoms with van der Waals surface area (Å²) in [5, 5.41) is 10.0. The predicted octanol–water partition coefficient (Wildman–Crippen LogP) is 3.39. The molecule has 25 heavy (non-hydrogen) atoms. The molecule has 6 nitrogen and oxygen atoms in total. The van der Waals surface area contributed by atoms with Gasteiger partial charge < -0.3 is 15.1 Å². The first-order chi connectivity index (χ1) is 12.1. The van der Waals surface area contributed by atoms with E-state index < -0.39 is 0 Å². The zero-order chi connectivity index (χ0) is 17.6. The van der Waals surface area contributed by atoms with Crippen LogP contribution in [0.2, 0.25) is 0 Å². The molecule has 1 atom stereocenters. The highest BCUT2D eigenvalue weighted by Crippen LogP contribution is 2.15. The highest BCUT2D eigenvalue weighted by molar-refractivity contribution is 5.74. The van der Waals surface area contributed by atoms with Gasteiger partial charge in [0.15, 0.2) is 0 Å². The highest BCUT2D eigenvalue weighted by atomic mass is 16.3. The Kier molecular flexibility index (Phi) is 5.18. The van der Waals surface area contributed by atoms with Crippen LogP contribution in [0.5, 0.6) is 0 Å². The fourth-order valence-electron chi connectivity index (χ4n) is 2.63. The van der Waals surface area contributed by atoms with Gasteiger partial charge in [-0.05, 0) is 43.2 Å². The van der Waals surface area contributed by atoms with Gasteiger partial charge >= 0.3 is 6.03 Å². The van der Waals surface area contributed by atoms with Crippen LogP contribution in [0.15, 0.2) is 59.3 Å². The molecule has 1 aromatic carbocycles. The molecule has 0 saturated carbocycles. The van der Waals surface area contributed by atoms with Gasteiger partial charge in [-0.1, -0.05) is 24.3 Å². The van der Waals surface area contributed by atoms with Crippen molar-refractivity contribution >= 4 is 6.03 Å². The van der Waals surface area contributed by atoms with Crippen LogP contribution in [0, 0.1) is 6.92 Å². The maximum Gasteiger partial charge on any atom is 0.315 e. The molecule has 0 aliphatic carbocycles. The van der Waals surface area contributed by atoms with Gasteiger partial charge in [-0.25, -0.2) is 4.79 Å². The molecule has 2 amide bonds. The standard InChI is InChI=1S/C19H22N4O2/c1-14-8-9-18(25-14)15(2)22-19(24)20-12-16-6-3-4-7-17(16)13-23-11-5-10-21-23/h3-11,15H,12-13H2,1-2H3,(H2,20,22,24). The number of amides is 2. The summed E-state index contributed by atoms with van der Waals surface area (Å²) in [5.41, 5.74) is 2.19. The van der Waals surface area contributed by atoms with Crippen molar-refractivity contribution in [1.29, 1.82) is 0 Å². The van der Waals surface area contributed by atoms with Crippen molar-refractivity contribution in [3.63, 3.8) is 0 Å². The average molecular weight is 338 g/mol. The summed E-state index contributed by atoms with van der Waals surface area (Å²) in [6, 6.07) is 13.3. The number of aryl methyl sites for hydroxylation is 1. The molecule has 0 radical (unpaired) electrons. The molecule has 0 bridgehead atoms. The molecule has 0 aliphatic heterocycles. The van der Waals surface area contributed by atoms with E-state index in [1.807, 2.05) is 67.2 Å². The first kappa shape index (κ1) is 16.8. The summed E-state index contributed by atoms with van der Waals surface area (Å²) in [6.45, 7) is 4.90. The van der Waals surface area contributed by atoms with E-state index in [4.69, 9.17) is 4.42 Å². The monoisotopic (exact) mass is 338 g/mol. The summed E-state index contributed by atoms with van der Waals surface area (Å²) in [7, 11) is 0. The largest absolute Gasteiger partial charge is 0.464 e. The van der Waals surface area contributed by atoms with E-state index in [1.165, 1.54) is 0 Å². The van der Waals surface area contributed by atoms with Gasteiger partial charge in [0, 0.05) is 18.9 Å². The lowest BCUT2D eigenvalue weighted by Crippen LogP contribution is -2.36. The third-order valence-electron chi connectivity index (χ3n) is 3.98. The smallest absolute Gasteiger partial charge is 0.315 e. The van der Waals surface area contributed by atoms with Crippen LogP contribution < -0.4 is 10.6 Å². The van der Waals surface area contributed by atoms with Crippen molar-refractivity contribution in [3.8, 4) is 0 Å². The minimum Gasteiger partial charge on any atom is -0.464 e. The molecule has 130 valence electrons. The van der Waals surface area contributed by atoms with Crippen molar-refractivity contribution in [1.82, 2.24) is 20.4 Å². The molecule has 0 aliphatic rings. The Balaban J connectivity index is 1.57. The van der Waals surface area contributed by atoms with Crippen molar-refractivity contribution in [2.75, 3.05) is 0 Å². The van der Waals surface area contributed by atoms with Gasteiger partial charge in [-0.2, -0.15) is 5.10 Å². The quantitative estimate of drug-likeness (QED) is 0.723. The van der Waals surface area contributed by atoms with Gasteiger partial charge in [-0.3, -0.25) is 4.68 Å². The predicted molar refractivity (Wildman–Crippen MR) is 95.0 cm³/mol. The Labute approximate surface area is 146 Å². The first-order valence-corrected chi connectivity index (χ1v) is 8.27. The number of benzene rings is 1. The van der Waals surface area contributed by atoms with E-state index in [0.29, 0.717) is 13.1 Å². The molecule has 0 fully saturated rings. The summed E-state index contributed by atoms with van der Waals surface area (Å²) in [6.07, 6.45) is 3.68. The zero-order valence-corrected chi connectivity index (χ0v) is 14.4. The van der Waals surface area contributed by atoms with Gasteiger partial charge in [0.2, 0.25) is 0 Å². The zero-order valence-electron chi connectivity index (χ0n) is 14.4. The van der Waals surface area contributed by atoms with E-state index in [-0.39, 0.29) is 12.1 Å². The van der Waals surface area contributed by atoms with Gasteiger partial charge in [0.1, 0.15) is 11.5 Å². The lowest BCUT2D eigenvalue weighted by atomic mass is 10.1. The number of aromatic nitrogens is 2. The summed E-state index contributed by atoms with van der Waals surface area (Å²) < 4.78 is 7.40. The number of hydrogen-bond donors (Lipinski definition) is 2. The number of nitrogens with one attached hydrogen (secondary N) is 2. The van der Waals surface area contributed by atoms with Crippen LogP contribution in [-0.2, 0) is 13.1 Å². The maximum atomic E-state index is 12.2. The molecule has 6 heteroatoms. The SMILES string of the molecule is Cc1ccc(C(C)NC(=O)NCc2ccccc2Cn2cccn2)o1. The Morgan fingerprint density at radius 2 is 2.00 bits per heavy atom. The molecular weight excluding hydrogens is 316 g/mol. The van der Waals surface area contributed by atoms with Crippen LogP contribution >= 0.6 is 0 Å². The van der Waals surface area contributed by atoms with E-state index in [9.17, 15) is 4.79 Å². The Bertz CT molecular complexity index is 824. The Morgan fingerprint density at radius 1 is 1.20 bits per heavy atom. The first-order valence-electron chi connectivity index (χ1n) is 8.27. The highest BCUT2D eigenvalue weighted by Gasteiger charge is 2.13. The fraction of sp³-hybridized carbons (Fsp3) is 0.263. The summed E-state index contributed by atoms with van der Waals surface area (Å²) >= 11 is 0. The Morgan fingerprint density at radius 3 is 2.68 bits per heavy atom. The molecule has 3 rings (SSSR count). The number of hydrogen-bond acceptors (Lipinski definition) is 3. The number of furan rings is 1. The number of nitrogens with zero attached hydrogens (tertiary/aromatic N) is 2. The molecule has 3 aromatic rings. The molecule has 1 unspecified atom stereocenters. The number of carbonyl (C=O) groups excluding carboxylic acids is 1. The van der Waals surface area contributed by atoms with Crippen LogP contribution in [0.25, 0.3) is 0 Å². The van der Waals surface area contributed by atoms with E-state index >= 15 is 0 Å². The molecule has 2 N–H and O–H groups in total. The second-order valence-corrected chi connectivity index (χ2v) is 5.97. The van der Waals surface area contributed by atoms with E-state index in [2.05, 4.69) is 15.7 Å². The van der Waals surface area contributed by atoms with Crippen molar-refractivity contribution in [3.05, 3.63) is 77.5 Å². The summed E-state index contributed by atoms with van der Waals surface area (Å²) in [4.78, 5) is 12.2. The number of urea groups is 1. The van der Waals surface area contributed by atoms with Crippen LogP contribution in [0.1, 0.15) is 35.6 Å². The van der Waals surface area contributed by atoms with Crippen LogP contribution in [0.4, 0.5) is 4.79 Å². The number of rotatable bonds is 6. The van der Waals surface area contributed by atoms with Gasteiger partial charge in [-0.15, -0.1) is 0 Å². The van der Waals surface area contributed by atoms with Crippen LogP contribution in [0.3, 0.4) is 0 Å². The van der Waals surface area contributed by atoms with Crippen molar-refractivity contribution in [2.24, 2.45) is 0 Å². The minimum atomic E-state index is -0.226. The lowest BCUT2D eigenvalue weighted by Gasteiger charge is -2.14. The second-order valence-electron chi connectivity index (χ2n) is 5.97. The molecule has 0 spiro atoms. The second kappa shape index (κ2) is 7.70. The molecule has 0 saturated heterocycles.